The van der Waals surface area contributed by atoms with E-state index in [4.69, 9.17) is 9.73 Å². The van der Waals surface area contributed by atoms with Gasteiger partial charge in [-0.3, -0.25) is 0 Å². The van der Waals surface area contributed by atoms with Gasteiger partial charge in [0.1, 0.15) is 6.10 Å². The second-order valence-corrected chi connectivity index (χ2v) is 4.49. The Hall–Kier alpha value is -0.530. The van der Waals surface area contributed by atoms with Crippen molar-refractivity contribution >= 4 is 5.90 Å². The van der Waals surface area contributed by atoms with Gasteiger partial charge in [-0.05, 0) is 25.7 Å². The molecule has 2 heteroatoms. The lowest BCUT2D eigenvalue weighted by atomic mass is 10.1. The Kier molecular flexibility index (Phi) is 3.09. The molecule has 0 saturated heterocycles. The van der Waals surface area contributed by atoms with E-state index in [0.717, 1.165) is 18.7 Å². The maximum Gasteiger partial charge on any atom is 0.187 e. The third-order valence-electron chi connectivity index (χ3n) is 3.52. The fraction of sp³-hybridized carbons (Fsp3) is 0.917. The molecule has 0 bridgehead atoms. The average Bonchev–Trinajstić information content (AvgIpc) is 2.85. The van der Waals surface area contributed by atoms with Gasteiger partial charge in [0.15, 0.2) is 5.90 Å². The molecular formula is C12H21NO. The third-order valence-corrected chi connectivity index (χ3v) is 3.52. The summed E-state index contributed by atoms with van der Waals surface area (Å²) in [6, 6.07) is 0.440. The van der Waals surface area contributed by atoms with Crippen LogP contribution in [0, 0.1) is 5.92 Å². The van der Waals surface area contributed by atoms with E-state index < -0.39 is 0 Å². The first kappa shape index (κ1) is 10.0. The Morgan fingerprint density at radius 1 is 1.21 bits per heavy atom. The molecule has 0 aromatic rings. The maximum atomic E-state index is 5.95. The number of rotatable bonds is 3. The van der Waals surface area contributed by atoms with Crippen LogP contribution in [0.5, 0.6) is 0 Å². The highest BCUT2D eigenvalue weighted by molar-refractivity contribution is 5.80. The fourth-order valence-electron chi connectivity index (χ4n) is 2.59. The predicted molar refractivity (Wildman–Crippen MR) is 58.6 cm³/mol. The lowest BCUT2D eigenvalue weighted by Crippen LogP contribution is -2.21. The largest absolute Gasteiger partial charge is 0.475 e. The summed E-state index contributed by atoms with van der Waals surface area (Å²) in [5, 5.41) is 0. The second kappa shape index (κ2) is 4.33. The molecule has 0 spiro atoms. The van der Waals surface area contributed by atoms with Crippen molar-refractivity contribution in [2.75, 3.05) is 0 Å². The summed E-state index contributed by atoms with van der Waals surface area (Å²) in [7, 11) is 0. The summed E-state index contributed by atoms with van der Waals surface area (Å²) in [6.07, 6.45) is 7.90. The molecule has 0 radical (unpaired) electrons. The molecule has 0 N–H and O–H groups in total. The normalized spacial score (nSPS) is 33.1. The summed E-state index contributed by atoms with van der Waals surface area (Å²) in [4.78, 5) is 4.74. The summed E-state index contributed by atoms with van der Waals surface area (Å²) in [6.45, 7) is 4.40. The Balaban J connectivity index is 1.99. The van der Waals surface area contributed by atoms with Gasteiger partial charge in [-0.1, -0.05) is 26.7 Å². The van der Waals surface area contributed by atoms with Crippen LogP contribution in [0.1, 0.15) is 52.4 Å². The highest BCUT2D eigenvalue weighted by Gasteiger charge is 2.33. The zero-order chi connectivity index (χ0) is 9.97. The van der Waals surface area contributed by atoms with Gasteiger partial charge in [-0.25, -0.2) is 4.99 Å². The molecular weight excluding hydrogens is 174 g/mol. The maximum absolute atomic E-state index is 5.95. The van der Waals surface area contributed by atoms with Crippen LogP contribution < -0.4 is 0 Å². The molecule has 0 aromatic carbocycles. The molecule has 2 nitrogen and oxygen atoms in total. The standard InChI is InChI=1S/C12H21NO/c1-3-10-11(4-2)14-12(13-10)9-7-5-6-8-9/h9-11H,3-8H2,1-2H3. The Labute approximate surface area is 86.8 Å². The monoisotopic (exact) mass is 195 g/mol. The number of ether oxygens (including phenoxy) is 1. The second-order valence-electron chi connectivity index (χ2n) is 4.49. The van der Waals surface area contributed by atoms with E-state index in [2.05, 4.69) is 13.8 Å². The van der Waals surface area contributed by atoms with Crippen LogP contribution in [0.25, 0.3) is 0 Å². The summed E-state index contributed by atoms with van der Waals surface area (Å²) in [5.41, 5.74) is 0. The molecule has 1 aliphatic heterocycles. The van der Waals surface area contributed by atoms with E-state index in [1.807, 2.05) is 0 Å². The molecule has 2 aliphatic rings. The molecule has 14 heavy (non-hydrogen) atoms. The number of aliphatic imine (C=N–C) groups is 1. The summed E-state index contributed by atoms with van der Waals surface area (Å²) < 4.78 is 5.95. The molecule has 0 aromatic heterocycles. The fourth-order valence-corrected chi connectivity index (χ4v) is 2.59. The first-order valence-corrected chi connectivity index (χ1v) is 6.09. The Morgan fingerprint density at radius 3 is 2.43 bits per heavy atom. The molecule has 0 amide bonds. The summed E-state index contributed by atoms with van der Waals surface area (Å²) in [5.74, 6) is 1.74. The molecule has 2 atom stereocenters. The number of hydrogen-bond acceptors (Lipinski definition) is 2. The molecule has 2 rings (SSSR count). The smallest absolute Gasteiger partial charge is 0.187 e. The van der Waals surface area contributed by atoms with Gasteiger partial charge in [0.2, 0.25) is 0 Å². The highest BCUT2D eigenvalue weighted by Crippen LogP contribution is 2.31. The van der Waals surface area contributed by atoms with Gasteiger partial charge < -0.3 is 4.74 Å². The molecule has 2 unspecified atom stereocenters. The van der Waals surface area contributed by atoms with Gasteiger partial charge in [-0.2, -0.15) is 0 Å². The van der Waals surface area contributed by atoms with Gasteiger partial charge >= 0.3 is 0 Å². The lowest BCUT2D eigenvalue weighted by Gasteiger charge is -2.15. The highest BCUT2D eigenvalue weighted by atomic mass is 16.5. The van der Waals surface area contributed by atoms with Crippen molar-refractivity contribution in [1.82, 2.24) is 0 Å². The third kappa shape index (κ3) is 1.79. The number of nitrogens with zero attached hydrogens (tertiary/aromatic N) is 1. The van der Waals surface area contributed by atoms with Crippen molar-refractivity contribution in [2.45, 2.75) is 64.5 Å². The van der Waals surface area contributed by atoms with Gasteiger partial charge in [0.25, 0.3) is 0 Å². The van der Waals surface area contributed by atoms with E-state index in [1.54, 1.807) is 0 Å². The zero-order valence-electron chi connectivity index (χ0n) is 9.33. The lowest BCUT2D eigenvalue weighted by molar-refractivity contribution is 0.175. The van der Waals surface area contributed by atoms with Crippen molar-refractivity contribution in [2.24, 2.45) is 10.9 Å². The Bertz CT molecular complexity index is 218. The van der Waals surface area contributed by atoms with Gasteiger partial charge in [0, 0.05) is 5.92 Å². The Morgan fingerprint density at radius 2 is 1.93 bits per heavy atom. The van der Waals surface area contributed by atoms with Crippen LogP contribution in [0.4, 0.5) is 0 Å². The van der Waals surface area contributed by atoms with E-state index in [-0.39, 0.29) is 0 Å². The van der Waals surface area contributed by atoms with E-state index in [0.29, 0.717) is 18.1 Å². The van der Waals surface area contributed by atoms with Crippen molar-refractivity contribution in [3.05, 3.63) is 0 Å². The minimum absolute atomic E-state index is 0.371. The molecule has 1 heterocycles. The minimum Gasteiger partial charge on any atom is -0.475 e. The van der Waals surface area contributed by atoms with Crippen LogP contribution in [0.2, 0.25) is 0 Å². The van der Waals surface area contributed by atoms with Gasteiger partial charge in [-0.15, -0.1) is 0 Å². The van der Waals surface area contributed by atoms with Crippen LogP contribution >= 0.6 is 0 Å². The topological polar surface area (TPSA) is 21.6 Å². The molecule has 1 saturated carbocycles. The van der Waals surface area contributed by atoms with Crippen LogP contribution in [0.15, 0.2) is 4.99 Å². The zero-order valence-corrected chi connectivity index (χ0v) is 9.33. The van der Waals surface area contributed by atoms with Gasteiger partial charge in [0.05, 0.1) is 6.04 Å². The number of hydrogen-bond donors (Lipinski definition) is 0. The van der Waals surface area contributed by atoms with E-state index in [9.17, 15) is 0 Å². The van der Waals surface area contributed by atoms with Crippen LogP contribution in [-0.4, -0.2) is 18.0 Å². The summed E-state index contributed by atoms with van der Waals surface area (Å²) >= 11 is 0. The first-order valence-electron chi connectivity index (χ1n) is 6.09. The van der Waals surface area contributed by atoms with E-state index >= 15 is 0 Å². The molecule has 1 aliphatic carbocycles. The van der Waals surface area contributed by atoms with E-state index in [1.165, 1.54) is 25.7 Å². The average molecular weight is 195 g/mol. The SMILES string of the molecule is CCC1N=C(C2CCCC2)OC1CC. The van der Waals surface area contributed by atoms with Crippen LogP contribution in [-0.2, 0) is 4.74 Å². The molecule has 1 fully saturated rings. The molecule has 80 valence electrons. The van der Waals surface area contributed by atoms with Crippen molar-refractivity contribution < 1.29 is 4.74 Å². The van der Waals surface area contributed by atoms with Crippen molar-refractivity contribution in [3.8, 4) is 0 Å². The van der Waals surface area contributed by atoms with Crippen molar-refractivity contribution in [1.29, 1.82) is 0 Å². The predicted octanol–water partition coefficient (Wildman–Crippen LogP) is 3.16. The van der Waals surface area contributed by atoms with Crippen molar-refractivity contribution in [3.63, 3.8) is 0 Å². The van der Waals surface area contributed by atoms with Crippen LogP contribution in [0.3, 0.4) is 0 Å². The minimum atomic E-state index is 0.371. The quantitative estimate of drug-likeness (QED) is 0.678. The first-order chi connectivity index (χ1) is 6.85.